The number of morpholine rings is 1. The minimum absolute atomic E-state index is 0.122. The molecule has 2 fully saturated rings. The molecule has 3 heterocycles. The molecule has 4 rings (SSSR count). The molecule has 0 bridgehead atoms. The second kappa shape index (κ2) is 6.42. The second-order valence-corrected chi connectivity index (χ2v) is 7.40. The number of rotatable bonds is 5. The van der Waals surface area contributed by atoms with E-state index in [9.17, 15) is 0 Å². The molecule has 1 saturated carbocycles. The third-order valence-corrected chi connectivity index (χ3v) is 4.86. The van der Waals surface area contributed by atoms with Crippen molar-refractivity contribution in [1.82, 2.24) is 24.6 Å². The van der Waals surface area contributed by atoms with Crippen molar-refractivity contribution in [2.45, 2.75) is 44.4 Å². The number of imidazole rings is 1. The van der Waals surface area contributed by atoms with E-state index in [1.165, 1.54) is 18.5 Å². The van der Waals surface area contributed by atoms with Crippen LogP contribution in [0.3, 0.4) is 0 Å². The molecule has 0 aromatic carbocycles. The van der Waals surface area contributed by atoms with Gasteiger partial charge in [0.25, 0.3) is 5.89 Å². The van der Waals surface area contributed by atoms with Gasteiger partial charge in [-0.3, -0.25) is 4.90 Å². The summed E-state index contributed by atoms with van der Waals surface area (Å²) in [7, 11) is 6.07. The zero-order valence-corrected chi connectivity index (χ0v) is 15.3. The van der Waals surface area contributed by atoms with Crippen molar-refractivity contribution >= 4 is 5.95 Å². The maximum atomic E-state index is 6.06. The summed E-state index contributed by atoms with van der Waals surface area (Å²) in [6, 6.07) is 0. The van der Waals surface area contributed by atoms with Gasteiger partial charge < -0.3 is 18.7 Å². The smallest absolute Gasteiger partial charge is 0.257 e. The molecule has 25 heavy (non-hydrogen) atoms. The van der Waals surface area contributed by atoms with E-state index in [1.54, 1.807) is 0 Å². The van der Waals surface area contributed by atoms with E-state index in [2.05, 4.69) is 38.6 Å². The molecule has 0 amide bonds. The molecule has 1 aliphatic carbocycles. The molecule has 0 N–H and O–H groups in total. The molecule has 1 saturated heterocycles. The van der Waals surface area contributed by atoms with Gasteiger partial charge in [-0.25, -0.2) is 4.98 Å². The van der Waals surface area contributed by atoms with Crippen LogP contribution in [-0.2, 0) is 18.3 Å². The lowest BCUT2D eigenvalue weighted by Gasteiger charge is -2.35. The number of hydrogen-bond donors (Lipinski definition) is 0. The van der Waals surface area contributed by atoms with Crippen molar-refractivity contribution in [3.63, 3.8) is 0 Å². The van der Waals surface area contributed by atoms with Gasteiger partial charge in [-0.1, -0.05) is 5.16 Å². The Hall–Kier alpha value is -1.93. The first kappa shape index (κ1) is 16.5. The summed E-state index contributed by atoms with van der Waals surface area (Å²) in [6.45, 7) is 4.54. The van der Waals surface area contributed by atoms with Crippen molar-refractivity contribution < 1.29 is 9.26 Å². The first-order chi connectivity index (χ1) is 12.0. The van der Waals surface area contributed by atoms with Crippen LogP contribution < -0.4 is 4.90 Å². The number of hydrogen-bond acceptors (Lipinski definition) is 7. The predicted molar refractivity (Wildman–Crippen MR) is 92.4 cm³/mol. The van der Waals surface area contributed by atoms with Crippen LogP contribution in [0, 0.1) is 0 Å². The monoisotopic (exact) mass is 346 g/mol. The summed E-state index contributed by atoms with van der Waals surface area (Å²) in [5.41, 5.74) is 1.18. The summed E-state index contributed by atoms with van der Waals surface area (Å²) < 4.78 is 13.7. The van der Waals surface area contributed by atoms with Crippen LogP contribution in [0.25, 0.3) is 0 Å². The third kappa shape index (κ3) is 3.41. The van der Waals surface area contributed by atoms with Gasteiger partial charge >= 0.3 is 0 Å². The predicted octanol–water partition coefficient (Wildman–Crippen LogP) is 1.71. The SMILES string of the molecule is C[C@@H]1CN(Cc2cnc(N(C)C)n2C)C[C@H](c2nc(C3CC3)no2)O1. The maximum absolute atomic E-state index is 6.06. The average molecular weight is 346 g/mol. The zero-order chi connectivity index (χ0) is 17.6. The minimum atomic E-state index is -0.162. The molecule has 2 aromatic heterocycles. The molecule has 0 radical (unpaired) electrons. The van der Waals surface area contributed by atoms with Gasteiger partial charge in [0.1, 0.15) is 6.10 Å². The van der Waals surface area contributed by atoms with Gasteiger partial charge in [0.2, 0.25) is 5.95 Å². The Labute approximate surface area is 147 Å². The average Bonchev–Trinajstić information content (AvgIpc) is 3.18. The Morgan fingerprint density at radius 3 is 2.76 bits per heavy atom. The van der Waals surface area contributed by atoms with Crippen molar-refractivity contribution in [3.05, 3.63) is 23.6 Å². The highest BCUT2D eigenvalue weighted by Crippen LogP contribution is 2.39. The van der Waals surface area contributed by atoms with E-state index >= 15 is 0 Å². The second-order valence-electron chi connectivity index (χ2n) is 7.40. The lowest BCUT2D eigenvalue weighted by atomic mass is 10.2. The molecule has 2 aliphatic rings. The molecule has 2 aromatic rings. The van der Waals surface area contributed by atoms with E-state index in [1.807, 2.05) is 25.2 Å². The fourth-order valence-corrected chi connectivity index (χ4v) is 3.42. The van der Waals surface area contributed by atoms with Gasteiger partial charge in [-0.05, 0) is 19.8 Å². The molecule has 8 heteroatoms. The number of nitrogens with zero attached hydrogens (tertiary/aromatic N) is 6. The molecular formula is C17H26N6O2. The van der Waals surface area contributed by atoms with Gasteiger partial charge in [0.15, 0.2) is 5.82 Å². The highest BCUT2D eigenvalue weighted by Gasteiger charge is 2.34. The molecule has 8 nitrogen and oxygen atoms in total. The van der Waals surface area contributed by atoms with Crippen LogP contribution in [0.1, 0.15) is 49.2 Å². The van der Waals surface area contributed by atoms with E-state index < -0.39 is 0 Å². The standard InChI is InChI=1S/C17H26N6O2/c1-11-8-23(9-13-7-18-17(21(2)3)22(13)4)10-14(24-11)16-19-15(20-25-16)12-5-6-12/h7,11-12,14H,5-6,8-10H2,1-4H3/t11-,14-/m1/s1. The first-order valence-corrected chi connectivity index (χ1v) is 8.90. The molecule has 0 unspecified atom stereocenters. The molecule has 1 aliphatic heterocycles. The van der Waals surface area contributed by atoms with Crippen LogP contribution in [0.15, 0.2) is 10.7 Å². The van der Waals surface area contributed by atoms with Crippen LogP contribution in [0.5, 0.6) is 0 Å². The Morgan fingerprint density at radius 2 is 2.08 bits per heavy atom. The lowest BCUT2D eigenvalue weighted by molar-refractivity contribution is -0.0934. The third-order valence-electron chi connectivity index (χ3n) is 4.86. The molecule has 0 spiro atoms. The summed E-state index contributed by atoms with van der Waals surface area (Å²) in [6.07, 6.45) is 4.24. The van der Waals surface area contributed by atoms with E-state index in [4.69, 9.17) is 9.26 Å². The molecule has 136 valence electrons. The highest BCUT2D eigenvalue weighted by atomic mass is 16.5. The Kier molecular flexibility index (Phi) is 4.24. The minimum Gasteiger partial charge on any atom is -0.363 e. The van der Waals surface area contributed by atoms with Crippen molar-refractivity contribution in [3.8, 4) is 0 Å². The summed E-state index contributed by atoms with van der Waals surface area (Å²) in [5.74, 6) is 2.90. The fraction of sp³-hybridized carbons (Fsp3) is 0.706. The zero-order valence-electron chi connectivity index (χ0n) is 15.3. The largest absolute Gasteiger partial charge is 0.363 e. The highest BCUT2D eigenvalue weighted by molar-refractivity contribution is 5.31. The van der Waals surface area contributed by atoms with Crippen LogP contribution in [0.4, 0.5) is 5.95 Å². The number of ether oxygens (including phenoxy) is 1. The fourth-order valence-electron chi connectivity index (χ4n) is 3.42. The van der Waals surface area contributed by atoms with E-state index in [0.717, 1.165) is 31.4 Å². The Morgan fingerprint density at radius 1 is 1.28 bits per heavy atom. The number of anilines is 1. The summed E-state index contributed by atoms with van der Waals surface area (Å²) in [5, 5.41) is 4.12. The topological polar surface area (TPSA) is 72.5 Å². The van der Waals surface area contributed by atoms with E-state index in [-0.39, 0.29) is 12.2 Å². The molecule has 2 atom stereocenters. The van der Waals surface area contributed by atoms with Crippen LogP contribution in [-0.4, -0.2) is 57.9 Å². The molecular weight excluding hydrogens is 320 g/mol. The quantitative estimate of drug-likeness (QED) is 0.816. The van der Waals surface area contributed by atoms with Gasteiger partial charge in [-0.15, -0.1) is 0 Å². The van der Waals surface area contributed by atoms with Crippen molar-refractivity contribution in [2.24, 2.45) is 7.05 Å². The van der Waals surface area contributed by atoms with Gasteiger partial charge in [0, 0.05) is 46.7 Å². The normalized spacial score (nSPS) is 24.6. The first-order valence-electron chi connectivity index (χ1n) is 8.90. The van der Waals surface area contributed by atoms with Crippen molar-refractivity contribution in [1.29, 1.82) is 0 Å². The van der Waals surface area contributed by atoms with Crippen LogP contribution in [0.2, 0.25) is 0 Å². The van der Waals surface area contributed by atoms with Gasteiger partial charge in [0.05, 0.1) is 18.0 Å². The summed E-state index contributed by atoms with van der Waals surface area (Å²) in [4.78, 5) is 13.5. The summed E-state index contributed by atoms with van der Waals surface area (Å²) >= 11 is 0. The maximum Gasteiger partial charge on any atom is 0.257 e. The van der Waals surface area contributed by atoms with Crippen molar-refractivity contribution in [2.75, 3.05) is 32.1 Å². The lowest BCUT2D eigenvalue weighted by Crippen LogP contribution is -2.42. The number of aromatic nitrogens is 4. The Balaban J connectivity index is 1.46. The van der Waals surface area contributed by atoms with E-state index in [0.29, 0.717) is 11.8 Å². The van der Waals surface area contributed by atoms with Gasteiger partial charge in [-0.2, -0.15) is 4.98 Å². The van der Waals surface area contributed by atoms with Crippen LogP contribution >= 0.6 is 0 Å². The Bertz CT molecular complexity index is 735.